The van der Waals surface area contributed by atoms with Gasteiger partial charge < -0.3 is 10.5 Å². The van der Waals surface area contributed by atoms with Crippen LogP contribution in [0, 0.1) is 17.7 Å². The van der Waals surface area contributed by atoms with Gasteiger partial charge in [-0.1, -0.05) is 5.92 Å². The van der Waals surface area contributed by atoms with Gasteiger partial charge in [-0.3, -0.25) is 0 Å². The average molecular weight is 275 g/mol. The Kier molecular flexibility index (Phi) is 4.38. The maximum absolute atomic E-state index is 13.1. The van der Waals surface area contributed by atoms with Crippen molar-refractivity contribution in [3.8, 4) is 11.8 Å². The highest BCUT2D eigenvalue weighted by atomic mass is 19.4. The van der Waals surface area contributed by atoms with Gasteiger partial charge in [0.2, 0.25) is 0 Å². The molecule has 2 N–H and O–H groups in total. The third-order valence-corrected chi connectivity index (χ3v) is 2.02. The molecule has 7 heteroatoms. The lowest BCUT2D eigenvalue weighted by Crippen LogP contribution is -2.10. The molecule has 1 aromatic carbocycles. The highest BCUT2D eigenvalue weighted by Gasteiger charge is 2.34. The molecule has 0 heterocycles. The second-order valence-electron chi connectivity index (χ2n) is 3.39. The van der Waals surface area contributed by atoms with Gasteiger partial charge in [-0.2, -0.15) is 13.2 Å². The van der Waals surface area contributed by atoms with E-state index in [1.54, 1.807) is 0 Å². The Morgan fingerprint density at radius 1 is 1.42 bits per heavy atom. The van der Waals surface area contributed by atoms with E-state index >= 15 is 0 Å². The Balaban J connectivity index is 3.26. The molecule has 0 radical (unpaired) electrons. The minimum atomic E-state index is -4.75. The van der Waals surface area contributed by atoms with Crippen LogP contribution in [0.15, 0.2) is 12.1 Å². The second-order valence-corrected chi connectivity index (χ2v) is 3.39. The van der Waals surface area contributed by atoms with E-state index in [1.807, 2.05) is 11.8 Å². The van der Waals surface area contributed by atoms with Crippen LogP contribution in [0.5, 0.6) is 0 Å². The van der Waals surface area contributed by atoms with E-state index in [9.17, 15) is 22.4 Å². The van der Waals surface area contributed by atoms with Crippen LogP contribution in [0.2, 0.25) is 0 Å². The van der Waals surface area contributed by atoms with Gasteiger partial charge in [0.05, 0.1) is 17.9 Å². The van der Waals surface area contributed by atoms with Crippen LogP contribution in [0.1, 0.15) is 18.1 Å². The van der Waals surface area contributed by atoms with Crippen LogP contribution in [0.4, 0.5) is 23.2 Å². The Hall–Kier alpha value is -2.23. The zero-order chi connectivity index (χ0) is 14.6. The topological polar surface area (TPSA) is 52.3 Å². The molecule has 0 aliphatic heterocycles. The fraction of sp³-hybridized carbons (Fsp3) is 0.250. The van der Waals surface area contributed by atoms with Gasteiger partial charge in [-0.25, -0.2) is 9.18 Å². The number of nitrogen functional groups attached to an aromatic ring is 1. The predicted octanol–water partition coefficient (Wildman–Crippen LogP) is 2.34. The summed E-state index contributed by atoms with van der Waals surface area (Å²) in [7, 11) is 0. The molecule has 102 valence electrons. The van der Waals surface area contributed by atoms with Gasteiger partial charge >= 0.3 is 12.1 Å². The van der Waals surface area contributed by atoms with Crippen molar-refractivity contribution in [2.75, 3.05) is 12.3 Å². The van der Waals surface area contributed by atoms with Crippen LogP contribution < -0.4 is 5.73 Å². The lowest BCUT2D eigenvalue weighted by Gasteiger charge is -2.10. The third kappa shape index (κ3) is 3.88. The van der Waals surface area contributed by atoms with Crippen molar-refractivity contribution < 1.29 is 27.1 Å². The first-order valence-corrected chi connectivity index (χ1v) is 5.10. The first-order valence-electron chi connectivity index (χ1n) is 5.10. The van der Waals surface area contributed by atoms with E-state index in [0.29, 0.717) is 12.1 Å². The number of carbonyl (C=O) groups is 1. The van der Waals surface area contributed by atoms with Crippen molar-refractivity contribution in [1.82, 2.24) is 0 Å². The van der Waals surface area contributed by atoms with Gasteiger partial charge in [0.15, 0.2) is 0 Å². The van der Waals surface area contributed by atoms with E-state index < -0.39 is 34.8 Å². The number of nitrogens with two attached hydrogens (primary N) is 1. The molecule has 0 fully saturated rings. The van der Waals surface area contributed by atoms with Crippen LogP contribution in [-0.4, -0.2) is 12.6 Å². The molecule has 0 aromatic heterocycles. The highest BCUT2D eigenvalue weighted by molar-refractivity contribution is 5.89. The number of hydrogen-bond donors (Lipinski definition) is 1. The van der Waals surface area contributed by atoms with Crippen LogP contribution in [0.25, 0.3) is 0 Å². The van der Waals surface area contributed by atoms with E-state index in [4.69, 9.17) is 5.73 Å². The maximum atomic E-state index is 13.1. The SMILES string of the molecule is CCOC(=O)C#Cc1cc(F)c(N)cc1C(F)(F)F. The Morgan fingerprint density at radius 3 is 2.58 bits per heavy atom. The number of benzene rings is 1. The molecule has 0 amide bonds. The molecule has 0 atom stereocenters. The Bertz CT molecular complexity index is 555. The largest absolute Gasteiger partial charge is 0.456 e. The molecule has 0 aliphatic rings. The van der Waals surface area contributed by atoms with Gasteiger partial charge in [-0.05, 0) is 19.1 Å². The second kappa shape index (κ2) is 5.61. The zero-order valence-corrected chi connectivity index (χ0v) is 9.77. The van der Waals surface area contributed by atoms with E-state index in [1.165, 1.54) is 6.92 Å². The average Bonchev–Trinajstić information content (AvgIpc) is 2.29. The Labute approximate surface area is 106 Å². The van der Waals surface area contributed by atoms with Crippen molar-refractivity contribution >= 4 is 11.7 Å². The van der Waals surface area contributed by atoms with Crippen molar-refractivity contribution in [2.45, 2.75) is 13.1 Å². The maximum Gasteiger partial charge on any atom is 0.417 e. The van der Waals surface area contributed by atoms with E-state index in [-0.39, 0.29) is 6.61 Å². The first kappa shape index (κ1) is 14.8. The number of carbonyl (C=O) groups excluding carboxylic acids is 1. The summed E-state index contributed by atoms with van der Waals surface area (Å²) < 4.78 is 55.6. The number of anilines is 1. The molecule has 0 saturated heterocycles. The van der Waals surface area contributed by atoms with E-state index in [0.717, 1.165) is 0 Å². The van der Waals surface area contributed by atoms with Crippen LogP contribution >= 0.6 is 0 Å². The molecule has 1 rings (SSSR count). The quantitative estimate of drug-likeness (QED) is 0.370. The summed E-state index contributed by atoms with van der Waals surface area (Å²) in [4.78, 5) is 10.9. The molecule has 0 saturated carbocycles. The minimum Gasteiger partial charge on any atom is -0.456 e. The van der Waals surface area contributed by atoms with Gasteiger partial charge in [0.25, 0.3) is 0 Å². The van der Waals surface area contributed by atoms with Crippen molar-refractivity contribution in [3.63, 3.8) is 0 Å². The number of rotatable bonds is 1. The Morgan fingerprint density at radius 2 is 2.05 bits per heavy atom. The minimum absolute atomic E-state index is 0.0374. The molecule has 1 aromatic rings. The molecule has 0 spiro atoms. The normalized spacial score (nSPS) is 10.6. The summed E-state index contributed by atoms with van der Waals surface area (Å²) in [6.45, 7) is 1.55. The fourth-order valence-electron chi connectivity index (χ4n) is 1.21. The number of halogens is 4. The lowest BCUT2D eigenvalue weighted by molar-refractivity contribution is -0.138. The third-order valence-electron chi connectivity index (χ3n) is 2.02. The number of hydrogen-bond acceptors (Lipinski definition) is 3. The van der Waals surface area contributed by atoms with Gasteiger partial charge in [0.1, 0.15) is 5.82 Å². The van der Waals surface area contributed by atoms with Crippen LogP contribution in [-0.2, 0) is 15.7 Å². The van der Waals surface area contributed by atoms with Gasteiger partial charge in [-0.15, -0.1) is 0 Å². The van der Waals surface area contributed by atoms with Crippen molar-refractivity contribution in [1.29, 1.82) is 0 Å². The van der Waals surface area contributed by atoms with E-state index in [2.05, 4.69) is 4.74 Å². The summed E-state index contributed by atoms with van der Waals surface area (Å²) in [6, 6.07) is 0.967. The van der Waals surface area contributed by atoms with Crippen molar-refractivity contribution in [3.05, 3.63) is 29.1 Å². The smallest absolute Gasteiger partial charge is 0.417 e. The number of ether oxygens (including phenoxy) is 1. The molecule has 19 heavy (non-hydrogen) atoms. The van der Waals surface area contributed by atoms with Crippen LogP contribution in [0.3, 0.4) is 0 Å². The first-order chi connectivity index (χ1) is 8.75. The molecule has 0 bridgehead atoms. The molecule has 0 aliphatic carbocycles. The standard InChI is InChI=1S/C12H9F4NO2/c1-2-19-11(18)4-3-7-5-9(13)10(17)6-8(7)12(14,15)16/h5-6H,2,17H2,1H3. The monoisotopic (exact) mass is 275 g/mol. The fourth-order valence-corrected chi connectivity index (χ4v) is 1.21. The molecular weight excluding hydrogens is 266 g/mol. The number of esters is 1. The number of alkyl halides is 3. The molecule has 0 unspecified atom stereocenters. The summed E-state index contributed by atoms with van der Waals surface area (Å²) >= 11 is 0. The summed E-state index contributed by atoms with van der Waals surface area (Å²) in [5.41, 5.74) is 2.55. The van der Waals surface area contributed by atoms with Gasteiger partial charge in [0, 0.05) is 11.5 Å². The summed E-state index contributed by atoms with van der Waals surface area (Å²) in [5, 5.41) is 0. The summed E-state index contributed by atoms with van der Waals surface area (Å²) in [6.07, 6.45) is -4.75. The van der Waals surface area contributed by atoms with Crippen molar-refractivity contribution in [2.24, 2.45) is 0 Å². The molecule has 3 nitrogen and oxygen atoms in total. The lowest BCUT2D eigenvalue weighted by atomic mass is 10.1. The molecular formula is C12H9F4NO2. The zero-order valence-electron chi connectivity index (χ0n) is 9.77. The highest BCUT2D eigenvalue weighted by Crippen LogP contribution is 2.33. The predicted molar refractivity (Wildman–Crippen MR) is 59.3 cm³/mol. The summed E-state index contributed by atoms with van der Waals surface area (Å²) in [5.74, 6) is 1.74.